The molecule has 20 heavy (non-hydrogen) atoms. The minimum absolute atomic E-state index is 0.0290. The van der Waals surface area contributed by atoms with Crippen molar-refractivity contribution in [1.82, 2.24) is 0 Å². The lowest BCUT2D eigenvalue weighted by molar-refractivity contribution is 0.421. The van der Waals surface area contributed by atoms with Crippen LogP contribution in [-0.4, -0.2) is 5.11 Å². The van der Waals surface area contributed by atoms with Crippen LogP contribution in [0.25, 0.3) is 0 Å². The summed E-state index contributed by atoms with van der Waals surface area (Å²) in [5.74, 6) is 0.503. The smallest absolute Gasteiger partial charge is 0.123 e. The van der Waals surface area contributed by atoms with Gasteiger partial charge in [0.15, 0.2) is 0 Å². The molecule has 0 saturated carbocycles. The van der Waals surface area contributed by atoms with Crippen LogP contribution in [0, 0.1) is 6.92 Å². The number of hydrogen-bond acceptors (Lipinski definition) is 1. The largest absolute Gasteiger partial charge is 0.507 e. The van der Waals surface area contributed by atoms with Gasteiger partial charge in [0.2, 0.25) is 0 Å². The van der Waals surface area contributed by atoms with Crippen LogP contribution in [0.1, 0.15) is 83.6 Å². The molecule has 1 aromatic rings. The minimum atomic E-state index is -0.0314. The molecule has 0 spiro atoms. The molecule has 0 unspecified atom stereocenters. The van der Waals surface area contributed by atoms with Gasteiger partial charge in [0, 0.05) is 5.56 Å². The fourth-order valence-electron chi connectivity index (χ4n) is 2.94. The maximum absolute atomic E-state index is 10.8. The Kier molecular flexibility index (Phi) is 4.94. The van der Waals surface area contributed by atoms with E-state index in [-0.39, 0.29) is 10.8 Å². The quantitative estimate of drug-likeness (QED) is 0.757. The van der Waals surface area contributed by atoms with Crippen LogP contribution >= 0.6 is 0 Å². The standard InChI is InChI=1S/C19H32O/c1-9-10-11-14-12-15(18(3,4)5)17(20)16(13(14)2)19(6,7)8/h12,20H,9-11H2,1-8H3. The van der Waals surface area contributed by atoms with E-state index in [9.17, 15) is 5.11 Å². The zero-order chi connectivity index (χ0) is 15.7. The second kappa shape index (κ2) is 5.79. The van der Waals surface area contributed by atoms with Crippen LogP contribution in [0.15, 0.2) is 6.07 Å². The predicted octanol–water partition coefficient (Wildman–Crippen LogP) is 5.64. The van der Waals surface area contributed by atoms with Gasteiger partial charge in [0.1, 0.15) is 5.75 Å². The van der Waals surface area contributed by atoms with Gasteiger partial charge >= 0.3 is 0 Å². The summed E-state index contributed by atoms with van der Waals surface area (Å²) in [6, 6.07) is 2.23. The van der Waals surface area contributed by atoms with Gasteiger partial charge in [-0.25, -0.2) is 0 Å². The molecule has 1 aromatic carbocycles. The fourth-order valence-corrected chi connectivity index (χ4v) is 2.94. The molecule has 114 valence electrons. The van der Waals surface area contributed by atoms with Crippen molar-refractivity contribution in [3.63, 3.8) is 0 Å². The van der Waals surface area contributed by atoms with Gasteiger partial charge in [-0.2, -0.15) is 0 Å². The third-order valence-electron chi connectivity index (χ3n) is 4.02. The molecule has 1 heteroatoms. The van der Waals surface area contributed by atoms with Crippen molar-refractivity contribution in [2.24, 2.45) is 0 Å². The van der Waals surface area contributed by atoms with Crippen molar-refractivity contribution < 1.29 is 5.11 Å². The molecular weight excluding hydrogens is 244 g/mol. The minimum Gasteiger partial charge on any atom is -0.507 e. The third-order valence-corrected chi connectivity index (χ3v) is 4.02. The van der Waals surface area contributed by atoms with Crippen molar-refractivity contribution in [1.29, 1.82) is 0 Å². The zero-order valence-electron chi connectivity index (χ0n) is 14.6. The van der Waals surface area contributed by atoms with E-state index < -0.39 is 0 Å². The van der Waals surface area contributed by atoms with E-state index >= 15 is 0 Å². The van der Waals surface area contributed by atoms with E-state index in [2.05, 4.69) is 61.5 Å². The summed E-state index contributed by atoms with van der Waals surface area (Å²) in [6.07, 6.45) is 3.52. The first kappa shape index (κ1) is 17.1. The fraction of sp³-hybridized carbons (Fsp3) is 0.684. The highest BCUT2D eigenvalue weighted by Crippen LogP contribution is 2.42. The van der Waals surface area contributed by atoms with Crippen LogP contribution in [0.3, 0.4) is 0 Å². The van der Waals surface area contributed by atoms with E-state index in [4.69, 9.17) is 0 Å². The normalized spacial score (nSPS) is 12.8. The van der Waals surface area contributed by atoms with E-state index in [0.717, 1.165) is 17.5 Å². The molecule has 0 aromatic heterocycles. The lowest BCUT2D eigenvalue weighted by atomic mass is 9.75. The molecule has 0 fully saturated rings. The Labute approximate surface area is 125 Å². The Bertz CT molecular complexity index is 470. The van der Waals surface area contributed by atoms with Gasteiger partial charge in [0.25, 0.3) is 0 Å². The molecule has 0 heterocycles. The molecule has 0 aliphatic heterocycles. The predicted molar refractivity (Wildman–Crippen MR) is 88.9 cm³/mol. The number of unbranched alkanes of at least 4 members (excludes halogenated alkanes) is 1. The van der Waals surface area contributed by atoms with Gasteiger partial charge < -0.3 is 5.11 Å². The first-order valence-electron chi connectivity index (χ1n) is 7.86. The molecule has 0 amide bonds. The highest BCUT2D eigenvalue weighted by molar-refractivity contribution is 5.54. The van der Waals surface area contributed by atoms with Crippen LogP contribution in [0.2, 0.25) is 0 Å². The molecule has 0 radical (unpaired) electrons. The van der Waals surface area contributed by atoms with Crippen molar-refractivity contribution in [2.75, 3.05) is 0 Å². The molecular formula is C19H32O. The number of benzene rings is 1. The average molecular weight is 276 g/mol. The van der Waals surface area contributed by atoms with Crippen molar-refractivity contribution >= 4 is 0 Å². The molecule has 0 aliphatic rings. The van der Waals surface area contributed by atoms with Crippen molar-refractivity contribution in [3.05, 3.63) is 28.3 Å². The molecule has 0 bridgehead atoms. The number of hydrogen-bond donors (Lipinski definition) is 1. The highest BCUT2D eigenvalue weighted by Gasteiger charge is 2.28. The van der Waals surface area contributed by atoms with Gasteiger partial charge in [-0.1, -0.05) is 61.0 Å². The summed E-state index contributed by atoms with van der Waals surface area (Å²) in [4.78, 5) is 0. The summed E-state index contributed by atoms with van der Waals surface area (Å²) in [7, 11) is 0. The number of rotatable bonds is 3. The van der Waals surface area contributed by atoms with Gasteiger partial charge in [-0.05, 0) is 47.3 Å². The topological polar surface area (TPSA) is 20.2 Å². The van der Waals surface area contributed by atoms with E-state index in [1.807, 2.05) is 0 Å². The number of aromatic hydroxyl groups is 1. The Balaban J connectivity index is 3.57. The Morgan fingerprint density at radius 3 is 1.95 bits per heavy atom. The van der Waals surface area contributed by atoms with Crippen LogP contribution in [0.5, 0.6) is 5.75 Å². The van der Waals surface area contributed by atoms with Crippen molar-refractivity contribution in [2.45, 2.75) is 85.5 Å². The number of phenols is 1. The van der Waals surface area contributed by atoms with E-state index in [1.165, 1.54) is 24.0 Å². The van der Waals surface area contributed by atoms with Crippen molar-refractivity contribution in [3.8, 4) is 5.75 Å². The first-order valence-corrected chi connectivity index (χ1v) is 7.86. The van der Waals surface area contributed by atoms with Gasteiger partial charge in [-0.3, -0.25) is 0 Å². The highest BCUT2D eigenvalue weighted by atomic mass is 16.3. The summed E-state index contributed by atoms with van der Waals surface area (Å²) >= 11 is 0. The Morgan fingerprint density at radius 2 is 1.55 bits per heavy atom. The van der Waals surface area contributed by atoms with Crippen LogP contribution < -0.4 is 0 Å². The third kappa shape index (κ3) is 3.56. The molecule has 0 aliphatic carbocycles. The SMILES string of the molecule is CCCCc1cc(C(C)(C)C)c(O)c(C(C)(C)C)c1C. The monoisotopic (exact) mass is 276 g/mol. The maximum atomic E-state index is 10.8. The van der Waals surface area contributed by atoms with E-state index in [0.29, 0.717) is 5.75 Å². The second-order valence-corrected chi connectivity index (χ2v) is 8.04. The van der Waals surface area contributed by atoms with Gasteiger partial charge in [0.05, 0.1) is 0 Å². The van der Waals surface area contributed by atoms with E-state index in [1.54, 1.807) is 0 Å². The number of aryl methyl sites for hydroxylation is 1. The lowest BCUT2D eigenvalue weighted by Crippen LogP contribution is -2.20. The Morgan fingerprint density at radius 1 is 1.00 bits per heavy atom. The first-order chi connectivity index (χ1) is 9.00. The van der Waals surface area contributed by atoms with Gasteiger partial charge in [-0.15, -0.1) is 0 Å². The summed E-state index contributed by atoms with van der Waals surface area (Å²) < 4.78 is 0. The summed E-state index contributed by atoms with van der Waals surface area (Å²) in [6.45, 7) is 17.5. The molecule has 0 saturated heterocycles. The maximum Gasteiger partial charge on any atom is 0.123 e. The molecule has 1 rings (SSSR count). The molecule has 1 nitrogen and oxygen atoms in total. The lowest BCUT2D eigenvalue weighted by Gasteiger charge is -2.30. The Hall–Kier alpha value is -0.980. The van der Waals surface area contributed by atoms with Crippen LogP contribution in [0.4, 0.5) is 0 Å². The average Bonchev–Trinajstić information content (AvgIpc) is 2.24. The summed E-state index contributed by atoms with van der Waals surface area (Å²) in [5.41, 5.74) is 4.82. The number of phenolic OH excluding ortho intramolecular Hbond substituents is 1. The summed E-state index contributed by atoms with van der Waals surface area (Å²) in [5, 5.41) is 10.8. The zero-order valence-corrected chi connectivity index (χ0v) is 14.6. The van der Waals surface area contributed by atoms with Crippen LogP contribution in [-0.2, 0) is 17.3 Å². The molecule has 1 N–H and O–H groups in total. The molecule has 0 atom stereocenters. The second-order valence-electron chi connectivity index (χ2n) is 8.04.